The maximum Gasteiger partial charge on any atom is 0.254 e. The van der Waals surface area contributed by atoms with Crippen molar-refractivity contribution in [1.29, 1.82) is 0 Å². The molecule has 1 amide bonds. The van der Waals surface area contributed by atoms with E-state index in [1.807, 2.05) is 0 Å². The Hall–Kier alpha value is -4.68. The van der Waals surface area contributed by atoms with Crippen molar-refractivity contribution < 1.29 is 13.6 Å². The van der Waals surface area contributed by atoms with Crippen LogP contribution in [-0.4, -0.2) is 27.3 Å². The van der Waals surface area contributed by atoms with Crippen molar-refractivity contribution in [2.24, 2.45) is 22.7 Å². The number of hydrazone groups is 1. The second-order valence-corrected chi connectivity index (χ2v) is 10.6. The second kappa shape index (κ2) is 14.0. The van der Waals surface area contributed by atoms with Gasteiger partial charge in [0.05, 0.1) is 40.0 Å². The number of hydrazine groups is 1. The van der Waals surface area contributed by atoms with E-state index in [2.05, 4.69) is 34.2 Å². The van der Waals surface area contributed by atoms with E-state index in [4.69, 9.17) is 23.3 Å². The predicted octanol–water partition coefficient (Wildman–Crippen LogP) is 5.47. The van der Waals surface area contributed by atoms with Crippen molar-refractivity contribution in [3.8, 4) is 22.4 Å². The third-order valence-corrected chi connectivity index (χ3v) is 7.15. The van der Waals surface area contributed by atoms with Gasteiger partial charge >= 0.3 is 0 Å². The molecule has 13 heteroatoms. The van der Waals surface area contributed by atoms with Crippen molar-refractivity contribution >= 4 is 35.7 Å². The first-order valence-corrected chi connectivity index (χ1v) is 13.8. The summed E-state index contributed by atoms with van der Waals surface area (Å²) < 4.78 is 30.9. The Balaban J connectivity index is 1.82. The maximum atomic E-state index is 15.3. The number of hydrogen-bond donors (Lipinski definition) is 3. The molecule has 0 radical (unpaired) electrons. The summed E-state index contributed by atoms with van der Waals surface area (Å²) in [5.74, 6) is 10.3. The first-order valence-electron chi connectivity index (χ1n) is 13.4. The summed E-state index contributed by atoms with van der Waals surface area (Å²) in [6.07, 6.45) is 6.69. The minimum absolute atomic E-state index is 0.00380. The molecular weight excluding hydrogens is 578 g/mol. The van der Waals surface area contributed by atoms with Crippen molar-refractivity contribution in [2.75, 3.05) is 10.3 Å². The lowest BCUT2D eigenvalue weighted by atomic mass is 9.98. The van der Waals surface area contributed by atoms with Crippen LogP contribution in [0.1, 0.15) is 44.8 Å². The molecule has 0 fully saturated rings. The van der Waals surface area contributed by atoms with E-state index in [1.165, 1.54) is 47.3 Å². The van der Waals surface area contributed by atoms with Gasteiger partial charge in [0.25, 0.3) is 5.56 Å². The van der Waals surface area contributed by atoms with Crippen LogP contribution >= 0.6 is 11.6 Å². The van der Waals surface area contributed by atoms with Crippen LogP contribution in [0.5, 0.6) is 0 Å². The zero-order chi connectivity index (χ0) is 31.1. The molecule has 0 saturated carbocycles. The highest BCUT2D eigenvalue weighted by Crippen LogP contribution is 2.35. The Bertz CT molecular complexity index is 1700. The highest BCUT2D eigenvalue weighted by atomic mass is 35.5. The molecule has 0 aliphatic heterocycles. The number of benzene rings is 2. The number of nitrogens with two attached hydrogens (primary N) is 2. The number of anilines is 2. The van der Waals surface area contributed by atoms with Gasteiger partial charge in [-0.2, -0.15) is 5.10 Å². The van der Waals surface area contributed by atoms with Gasteiger partial charge in [-0.25, -0.2) is 19.6 Å². The SMILES string of the molecule is CC(C)CCCC(c1cc(-c2cc(F)ccc2NC=O)ccn1)n1cnc(-c2c(N(N)/C=N\N)ccc(Cl)c2F)cc1=O. The van der Waals surface area contributed by atoms with Crippen LogP contribution in [-0.2, 0) is 4.79 Å². The molecule has 2 aromatic heterocycles. The average Bonchev–Trinajstić information content (AvgIpc) is 2.98. The molecule has 0 aliphatic rings. The van der Waals surface area contributed by atoms with Crippen molar-refractivity contribution in [2.45, 2.75) is 39.2 Å². The van der Waals surface area contributed by atoms with Gasteiger partial charge in [-0.1, -0.05) is 38.3 Å². The van der Waals surface area contributed by atoms with Crippen LogP contribution in [0.4, 0.5) is 20.2 Å². The van der Waals surface area contributed by atoms with Crippen LogP contribution in [0.2, 0.25) is 5.02 Å². The lowest BCUT2D eigenvalue weighted by Gasteiger charge is -2.22. The average molecular weight is 609 g/mol. The van der Waals surface area contributed by atoms with E-state index < -0.39 is 23.2 Å². The quantitative estimate of drug-likeness (QED) is 0.0636. The smallest absolute Gasteiger partial charge is 0.254 e. The van der Waals surface area contributed by atoms with E-state index in [-0.39, 0.29) is 22.0 Å². The number of amides is 1. The van der Waals surface area contributed by atoms with Crippen LogP contribution < -0.4 is 27.6 Å². The van der Waals surface area contributed by atoms with E-state index >= 15 is 4.39 Å². The minimum atomic E-state index is -0.817. The molecule has 224 valence electrons. The highest BCUT2D eigenvalue weighted by Gasteiger charge is 2.22. The van der Waals surface area contributed by atoms with E-state index in [0.717, 1.165) is 24.2 Å². The van der Waals surface area contributed by atoms with E-state index in [1.54, 1.807) is 18.3 Å². The Kier molecular flexibility index (Phi) is 10.2. The zero-order valence-electron chi connectivity index (χ0n) is 23.5. The zero-order valence-corrected chi connectivity index (χ0v) is 24.3. The number of carbonyl (C=O) groups excluding carboxylic acids is 1. The van der Waals surface area contributed by atoms with Crippen LogP contribution in [0, 0.1) is 17.6 Å². The molecule has 43 heavy (non-hydrogen) atoms. The summed E-state index contributed by atoms with van der Waals surface area (Å²) in [4.78, 5) is 33.7. The van der Waals surface area contributed by atoms with E-state index in [9.17, 15) is 14.0 Å². The number of aromatic nitrogens is 3. The number of hydrogen-bond acceptors (Lipinski definition) is 7. The minimum Gasteiger partial charge on any atom is -0.328 e. The van der Waals surface area contributed by atoms with Gasteiger partial charge in [0.15, 0.2) is 5.82 Å². The summed E-state index contributed by atoms with van der Waals surface area (Å²) >= 11 is 6.05. The fraction of sp³-hybridized carbons (Fsp3) is 0.233. The van der Waals surface area contributed by atoms with Gasteiger partial charge in [0.2, 0.25) is 6.41 Å². The largest absolute Gasteiger partial charge is 0.328 e. The molecule has 0 saturated heterocycles. The molecule has 4 aromatic rings. The van der Waals surface area contributed by atoms with E-state index in [0.29, 0.717) is 41.3 Å². The first-order chi connectivity index (χ1) is 20.6. The molecule has 2 aromatic carbocycles. The summed E-state index contributed by atoms with van der Waals surface area (Å²) in [5, 5.41) is 6.76. The Morgan fingerprint density at radius 1 is 1.12 bits per heavy atom. The molecule has 0 aliphatic carbocycles. The van der Waals surface area contributed by atoms with Gasteiger partial charge in [-0.15, -0.1) is 0 Å². The number of halogens is 3. The molecule has 0 spiro atoms. The Morgan fingerprint density at radius 3 is 2.60 bits per heavy atom. The Labute approximate surface area is 252 Å². The normalized spacial score (nSPS) is 12.1. The third-order valence-electron chi connectivity index (χ3n) is 6.86. The fourth-order valence-corrected chi connectivity index (χ4v) is 4.96. The molecule has 2 heterocycles. The Morgan fingerprint density at radius 2 is 1.91 bits per heavy atom. The number of pyridine rings is 1. The van der Waals surface area contributed by atoms with Crippen LogP contribution in [0.15, 0.2) is 71.0 Å². The first kappa shape index (κ1) is 31.3. The topological polar surface area (TPSA) is 145 Å². The summed E-state index contributed by atoms with van der Waals surface area (Å²) in [6.45, 7) is 4.21. The molecule has 10 nitrogen and oxygen atoms in total. The van der Waals surface area contributed by atoms with Crippen molar-refractivity contribution in [3.63, 3.8) is 0 Å². The summed E-state index contributed by atoms with van der Waals surface area (Å²) in [6, 6.07) is 10.9. The summed E-state index contributed by atoms with van der Waals surface area (Å²) in [5.41, 5.74) is 1.56. The third kappa shape index (κ3) is 7.22. The maximum absolute atomic E-state index is 15.3. The van der Waals surface area contributed by atoms with Crippen LogP contribution in [0.3, 0.4) is 0 Å². The van der Waals surface area contributed by atoms with Gasteiger partial charge in [0, 0.05) is 23.5 Å². The lowest BCUT2D eigenvalue weighted by molar-refractivity contribution is -0.105. The monoisotopic (exact) mass is 608 g/mol. The molecule has 4 rings (SSSR count). The molecular formula is C30H31ClF2N8O2. The van der Waals surface area contributed by atoms with Crippen LogP contribution in [0.25, 0.3) is 22.4 Å². The van der Waals surface area contributed by atoms with Gasteiger partial charge < -0.3 is 11.2 Å². The number of rotatable bonds is 12. The van der Waals surface area contributed by atoms with Crippen molar-refractivity contribution in [3.05, 3.63) is 93.8 Å². The lowest BCUT2D eigenvalue weighted by Crippen LogP contribution is -2.31. The standard InChI is InChI=1S/C30H31ClF2N8O2/c1-18(2)4-3-5-26(24-12-19(10-11-36-24)21-13-20(32)6-8-23(21)38-17-42)40-15-37-25(14-28(40)43)29-27(41(35)16-39-34)9-7-22(31)30(29)33/h6-18,26H,3-5,34-35H2,1-2H3,(H,38,42)/b39-16-. The van der Waals surface area contributed by atoms with Crippen molar-refractivity contribution in [1.82, 2.24) is 14.5 Å². The highest BCUT2D eigenvalue weighted by molar-refractivity contribution is 6.31. The number of nitrogens with zero attached hydrogens (tertiary/aromatic N) is 5. The number of carbonyl (C=O) groups is 1. The van der Waals surface area contributed by atoms with Gasteiger partial charge in [-0.05, 0) is 60.4 Å². The van der Waals surface area contributed by atoms with Gasteiger partial charge in [-0.3, -0.25) is 24.1 Å². The number of nitrogens with one attached hydrogen (secondary N) is 1. The molecule has 0 bridgehead atoms. The second-order valence-electron chi connectivity index (χ2n) is 10.2. The molecule has 5 N–H and O–H groups in total. The fourth-order valence-electron chi connectivity index (χ4n) is 4.81. The van der Waals surface area contributed by atoms with Gasteiger partial charge in [0.1, 0.15) is 12.2 Å². The predicted molar refractivity (Wildman–Crippen MR) is 164 cm³/mol. The summed E-state index contributed by atoms with van der Waals surface area (Å²) in [7, 11) is 0. The molecule has 1 unspecified atom stereocenters. The molecule has 1 atom stereocenters.